The lowest BCUT2D eigenvalue weighted by Gasteiger charge is -2.15. The first-order chi connectivity index (χ1) is 13.9. The largest absolute Gasteiger partial charge is 0.516 e. The summed E-state index contributed by atoms with van der Waals surface area (Å²) in [6.07, 6.45) is 0. The standard InChI is InChI=1S/C18H9F3I3NO4S/c19-18(20,21)30(27,28)25-14-5-6-15(11-4-2-1-3-10(11)14)29-17(26)12-7-9(22)8-13(23)16(12)24/h1-8,25H. The van der Waals surface area contributed by atoms with Crippen molar-refractivity contribution in [2.24, 2.45) is 0 Å². The maximum absolute atomic E-state index is 12.7. The summed E-state index contributed by atoms with van der Waals surface area (Å²) in [7, 11) is -5.60. The molecule has 0 unspecified atom stereocenters. The Kier molecular flexibility index (Phi) is 7.08. The molecule has 0 spiro atoms. The third kappa shape index (κ3) is 4.95. The molecule has 30 heavy (non-hydrogen) atoms. The molecular weight excluding hydrogens is 764 g/mol. The highest BCUT2D eigenvalue weighted by atomic mass is 127. The molecule has 0 amide bonds. The number of benzene rings is 3. The number of rotatable bonds is 4. The lowest BCUT2D eigenvalue weighted by atomic mass is 10.1. The zero-order valence-electron chi connectivity index (χ0n) is 14.4. The van der Waals surface area contributed by atoms with Gasteiger partial charge in [0.1, 0.15) is 5.75 Å². The van der Waals surface area contributed by atoms with Gasteiger partial charge in [0.05, 0.1) is 11.3 Å². The number of nitrogens with one attached hydrogen (secondary N) is 1. The quantitative estimate of drug-likeness (QED) is 0.150. The predicted octanol–water partition coefficient (Wildman–Crippen LogP) is 6.13. The zero-order chi connectivity index (χ0) is 22.3. The fraction of sp³-hybridized carbons (Fsp3) is 0.0556. The van der Waals surface area contributed by atoms with Crippen molar-refractivity contribution < 1.29 is 31.1 Å². The van der Waals surface area contributed by atoms with E-state index in [1.54, 1.807) is 16.9 Å². The molecule has 0 saturated carbocycles. The van der Waals surface area contributed by atoms with Crippen LogP contribution >= 0.6 is 67.8 Å². The average Bonchev–Trinajstić information content (AvgIpc) is 2.65. The maximum Gasteiger partial charge on any atom is 0.516 e. The number of halogens is 6. The Labute approximate surface area is 210 Å². The number of fused-ring (bicyclic) bond motifs is 1. The fourth-order valence-corrected chi connectivity index (χ4v) is 5.47. The van der Waals surface area contributed by atoms with Crippen molar-refractivity contribution in [3.05, 3.63) is 64.8 Å². The van der Waals surface area contributed by atoms with E-state index in [1.807, 2.05) is 28.7 Å². The number of hydrogen-bond acceptors (Lipinski definition) is 4. The molecule has 1 N–H and O–H groups in total. The number of carbonyl (C=O) groups excluding carboxylic acids is 1. The summed E-state index contributed by atoms with van der Waals surface area (Å²) in [6.45, 7) is 0. The van der Waals surface area contributed by atoms with Crippen molar-refractivity contribution in [3.63, 3.8) is 0 Å². The summed E-state index contributed by atoms with van der Waals surface area (Å²) in [4.78, 5) is 12.7. The molecule has 0 aliphatic carbocycles. The van der Waals surface area contributed by atoms with Crippen molar-refractivity contribution in [2.75, 3.05) is 4.72 Å². The molecule has 158 valence electrons. The Morgan fingerprint density at radius 3 is 2.23 bits per heavy atom. The molecule has 0 fully saturated rings. The number of esters is 1. The van der Waals surface area contributed by atoms with E-state index in [2.05, 4.69) is 45.2 Å². The zero-order valence-corrected chi connectivity index (χ0v) is 21.7. The van der Waals surface area contributed by atoms with Gasteiger partial charge in [-0.1, -0.05) is 24.3 Å². The van der Waals surface area contributed by atoms with Gasteiger partial charge in [0.15, 0.2) is 0 Å². The van der Waals surface area contributed by atoms with Gasteiger partial charge in [-0.3, -0.25) is 4.72 Å². The molecule has 0 bridgehead atoms. The molecule has 0 aromatic heterocycles. The van der Waals surface area contributed by atoms with Crippen LogP contribution in [0.4, 0.5) is 18.9 Å². The van der Waals surface area contributed by atoms with E-state index in [9.17, 15) is 26.4 Å². The number of anilines is 1. The van der Waals surface area contributed by atoms with Crippen LogP contribution in [0.3, 0.4) is 0 Å². The van der Waals surface area contributed by atoms with E-state index in [1.165, 1.54) is 24.3 Å². The van der Waals surface area contributed by atoms with Crippen LogP contribution in [-0.4, -0.2) is 19.9 Å². The second kappa shape index (κ2) is 8.93. The molecule has 0 aliphatic rings. The van der Waals surface area contributed by atoms with Gasteiger partial charge in [-0.05, 0) is 92.0 Å². The minimum Gasteiger partial charge on any atom is -0.422 e. The number of sulfonamides is 1. The van der Waals surface area contributed by atoms with Crippen molar-refractivity contribution >= 4 is 100 Å². The smallest absolute Gasteiger partial charge is 0.422 e. The molecular formula is C18H9F3I3NO4S. The highest BCUT2D eigenvalue weighted by Crippen LogP contribution is 2.35. The normalized spacial score (nSPS) is 12.1. The van der Waals surface area contributed by atoms with Gasteiger partial charge in [0.2, 0.25) is 0 Å². The Bertz CT molecular complexity index is 1260. The molecule has 0 radical (unpaired) electrons. The topological polar surface area (TPSA) is 72.5 Å². The van der Waals surface area contributed by atoms with E-state index >= 15 is 0 Å². The van der Waals surface area contributed by atoms with Gasteiger partial charge in [-0.15, -0.1) is 0 Å². The van der Waals surface area contributed by atoms with Gasteiger partial charge >= 0.3 is 21.5 Å². The summed E-state index contributed by atoms with van der Waals surface area (Å²) < 4.78 is 70.7. The second-order valence-electron chi connectivity index (χ2n) is 5.85. The number of carbonyl (C=O) groups is 1. The Morgan fingerprint density at radius 2 is 1.60 bits per heavy atom. The van der Waals surface area contributed by atoms with Gasteiger partial charge in [-0.25, -0.2) is 4.79 Å². The first-order valence-electron chi connectivity index (χ1n) is 7.88. The van der Waals surface area contributed by atoms with Gasteiger partial charge < -0.3 is 4.74 Å². The van der Waals surface area contributed by atoms with E-state index in [0.29, 0.717) is 9.13 Å². The lowest BCUT2D eigenvalue weighted by molar-refractivity contribution is -0.0429. The molecule has 3 rings (SSSR count). The van der Waals surface area contributed by atoms with Crippen LogP contribution < -0.4 is 9.46 Å². The van der Waals surface area contributed by atoms with Crippen LogP contribution in [0.5, 0.6) is 5.75 Å². The monoisotopic (exact) mass is 773 g/mol. The SMILES string of the molecule is O=C(Oc1ccc(NS(=O)(=O)C(F)(F)F)c2ccccc12)c1cc(I)cc(I)c1I. The minimum atomic E-state index is -5.60. The summed E-state index contributed by atoms with van der Waals surface area (Å²) in [5.41, 5.74) is -5.39. The molecule has 0 atom stereocenters. The van der Waals surface area contributed by atoms with Crippen LogP contribution in [0.15, 0.2) is 48.5 Å². The molecule has 0 aliphatic heterocycles. The van der Waals surface area contributed by atoms with Gasteiger partial charge in [-0.2, -0.15) is 21.6 Å². The lowest BCUT2D eigenvalue weighted by Crippen LogP contribution is -2.30. The van der Waals surface area contributed by atoms with E-state index < -0.39 is 21.5 Å². The summed E-state index contributed by atoms with van der Waals surface area (Å²) in [6, 6.07) is 12.0. The summed E-state index contributed by atoms with van der Waals surface area (Å²) >= 11 is 6.21. The highest BCUT2D eigenvalue weighted by Gasteiger charge is 2.46. The van der Waals surface area contributed by atoms with Crippen LogP contribution in [0, 0.1) is 10.7 Å². The summed E-state index contributed by atoms with van der Waals surface area (Å²) in [5.74, 6) is -0.542. The Morgan fingerprint density at radius 1 is 0.967 bits per heavy atom. The number of hydrogen-bond donors (Lipinski definition) is 1. The third-order valence-electron chi connectivity index (χ3n) is 3.85. The molecule has 0 saturated heterocycles. The molecule has 12 heteroatoms. The first kappa shape index (κ1) is 23.8. The third-order valence-corrected chi connectivity index (χ3v) is 8.61. The van der Waals surface area contributed by atoms with Gasteiger partial charge in [0, 0.05) is 21.5 Å². The van der Waals surface area contributed by atoms with Crippen LogP contribution in [0.2, 0.25) is 0 Å². The predicted molar refractivity (Wildman–Crippen MR) is 132 cm³/mol. The van der Waals surface area contributed by atoms with E-state index in [4.69, 9.17) is 4.74 Å². The van der Waals surface area contributed by atoms with Crippen LogP contribution in [0.25, 0.3) is 10.8 Å². The van der Waals surface area contributed by atoms with Crippen LogP contribution in [0.1, 0.15) is 10.4 Å². The highest BCUT2D eigenvalue weighted by molar-refractivity contribution is 14.1. The van der Waals surface area contributed by atoms with E-state index in [-0.39, 0.29) is 22.2 Å². The Hall–Kier alpha value is -0.880. The number of ether oxygens (including phenoxy) is 1. The van der Waals surface area contributed by atoms with Crippen LogP contribution in [-0.2, 0) is 10.0 Å². The second-order valence-corrected chi connectivity index (χ2v) is 11.0. The molecule has 3 aromatic carbocycles. The van der Waals surface area contributed by atoms with Crippen molar-refractivity contribution in [1.82, 2.24) is 0 Å². The molecule has 5 nitrogen and oxygen atoms in total. The Balaban J connectivity index is 2.03. The minimum absolute atomic E-state index is 0.0928. The molecule has 0 heterocycles. The summed E-state index contributed by atoms with van der Waals surface area (Å²) in [5, 5.41) is 0.436. The van der Waals surface area contributed by atoms with Crippen molar-refractivity contribution in [2.45, 2.75) is 5.51 Å². The van der Waals surface area contributed by atoms with Crippen molar-refractivity contribution in [3.8, 4) is 5.75 Å². The number of alkyl halides is 3. The molecule has 3 aromatic rings. The van der Waals surface area contributed by atoms with E-state index in [0.717, 1.165) is 13.2 Å². The average molecular weight is 773 g/mol. The fourth-order valence-electron chi connectivity index (χ4n) is 2.51. The van der Waals surface area contributed by atoms with Gasteiger partial charge in [0.25, 0.3) is 0 Å². The first-order valence-corrected chi connectivity index (χ1v) is 12.6. The van der Waals surface area contributed by atoms with Crippen molar-refractivity contribution in [1.29, 1.82) is 0 Å². The maximum atomic E-state index is 12.7.